The van der Waals surface area contributed by atoms with E-state index in [0.29, 0.717) is 30.3 Å². The molecule has 2 aromatic heterocycles. The first-order chi connectivity index (χ1) is 16.9. The lowest BCUT2D eigenvalue weighted by atomic mass is 9.98. The summed E-state index contributed by atoms with van der Waals surface area (Å²) >= 11 is 0. The summed E-state index contributed by atoms with van der Waals surface area (Å²) in [5.74, 6) is -0.971. The number of phenolic OH excluding ortho intramolecular Hbond substituents is 1. The van der Waals surface area contributed by atoms with Gasteiger partial charge in [-0.1, -0.05) is 6.07 Å². The zero-order valence-corrected chi connectivity index (χ0v) is 20.0. The Morgan fingerprint density at radius 1 is 1.11 bits per heavy atom. The molecule has 2 fully saturated rings. The molecule has 5 rings (SSSR count). The third-order valence-electron chi connectivity index (χ3n) is 6.89. The van der Waals surface area contributed by atoms with Gasteiger partial charge in [-0.05, 0) is 64.0 Å². The van der Waals surface area contributed by atoms with E-state index in [0.717, 1.165) is 45.1 Å². The summed E-state index contributed by atoms with van der Waals surface area (Å²) in [6, 6.07) is 5.36. The molecule has 1 aromatic carbocycles. The molecular formula is C25H30F2N6O2. The third kappa shape index (κ3) is 4.85. The molecule has 2 N–H and O–H groups in total. The van der Waals surface area contributed by atoms with Gasteiger partial charge in [-0.15, -0.1) is 0 Å². The van der Waals surface area contributed by atoms with Crippen molar-refractivity contribution in [3.63, 3.8) is 0 Å². The smallest absolute Gasteiger partial charge is 0.320 e. The molecule has 35 heavy (non-hydrogen) atoms. The Morgan fingerprint density at radius 2 is 1.91 bits per heavy atom. The average Bonchev–Trinajstić information content (AvgIpc) is 2.84. The van der Waals surface area contributed by atoms with Crippen LogP contribution in [0.2, 0.25) is 0 Å². The molecule has 186 valence electrons. The molecule has 0 radical (unpaired) electrons. The average molecular weight is 485 g/mol. The van der Waals surface area contributed by atoms with Gasteiger partial charge in [-0.2, -0.15) is 9.97 Å². The number of hydrogen-bond acceptors (Lipinski definition) is 8. The van der Waals surface area contributed by atoms with Gasteiger partial charge in [0.1, 0.15) is 23.1 Å². The number of ether oxygens (including phenoxy) is 1. The van der Waals surface area contributed by atoms with Crippen molar-refractivity contribution < 1.29 is 18.6 Å². The Hall–Kier alpha value is -3.11. The van der Waals surface area contributed by atoms with E-state index in [2.05, 4.69) is 44.0 Å². The number of likely N-dealkylation sites (tertiary alicyclic amines) is 1. The van der Waals surface area contributed by atoms with Crippen LogP contribution in [-0.4, -0.2) is 77.4 Å². The summed E-state index contributed by atoms with van der Waals surface area (Å²) in [4.78, 5) is 17.9. The number of benzene rings is 1. The largest absolute Gasteiger partial charge is 0.507 e. The summed E-state index contributed by atoms with van der Waals surface area (Å²) in [7, 11) is 2.11. The summed E-state index contributed by atoms with van der Waals surface area (Å²) in [5.41, 5.74) is -0.401. The number of halogens is 2. The second-order valence-corrected chi connectivity index (χ2v) is 9.46. The zero-order valence-electron chi connectivity index (χ0n) is 20.0. The van der Waals surface area contributed by atoms with Crippen LogP contribution < -0.4 is 15.0 Å². The Balaban J connectivity index is 1.57. The highest BCUT2D eigenvalue weighted by Gasteiger charge is 2.26. The monoisotopic (exact) mass is 484 g/mol. The SMILES string of the molecule is CC1CNCCN1c1nc(OCC2CCN(C)CC2)nc2nc(-c3c(O)cccc3F)c(F)cc12. The lowest BCUT2D eigenvalue weighted by Gasteiger charge is -2.35. The van der Waals surface area contributed by atoms with Crippen molar-refractivity contribution in [3.05, 3.63) is 35.9 Å². The van der Waals surface area contributed by atoms with E-state index in [9.17, 15) is 9.50 Å². The fourth-order valence-electron chi connectivity index (χ4n) is 4.78. The van der Waals surface area contributed by atoms with E-state index < -0.39 is 11.6 Å². The lowest BCUT2D eigenvalue weighted by Crippen LogP contribution is -2.50. The molecule has 2 aliphatic rings. The van der Waals surface area contributed by atoms with Crippen LogP contribution in [0.15, 0.2) is 24.3 Å². The maximum absolute atomic E-state index is 15.3. The van der Waals surface area contributed by atoms with E-state index in [1.54, 1.807) is 0 Å². The molecule has 0 saturated carbocycles. The van der Waals surface area contributed by atoms with Gasteiger partial charge in [0.2, 0.25) is 0 Å². The van der Waals surface area contributed by atoms with Crippen molar-refractivity contribution in [2.45, 2.75) is 25.8 Å². The Kier molecular flexibility index (Phi) is 6.66. The third-order valence-corrected chi connectivity index (χ3v) is 6.89. The molecule has 3 aromatic rings. The molecule has 8 nitrogen and oxygen atoms in total. The predicted molar refractivity (Wildman–Crippen MR) is 130 cm³/mol. The van der Waals surface area contributed by atoms with Crippen LogP contribution in [0.1, 0.15) is 19.8 Å². The van der Waals surface area contributed by atoms with Gasteiger partial charge < -0.3 is 25.0 Å². The van der Waals surface area contributed by atoms with Crippen molar-refractivity contribution in [1.29, 1.82) is 0 Å². The number of phenols is 1. The summed E-state index contributed by atoms with van der Waals surface area (Å²) in [6.07, 6.45) is 2.07. The van der Waals surface area contributed by atoms with Crippen LogP contribution in [0.4, 0.5) is 14.6 Å². The van der Waals surface area contributed by atoms with Gasteiger partial charge in [0.25, 0.3) is 0 Å². The Labute approximate surface area is 203 Å². The Bertz CT molecular complexity index is 1200. The molecule has 1 atom stereocenters. The number of piperidine rings is 1. The number of pyridine rings is 1. The van der Waals surface area contributed by atoms with Gasteiger partial charge >= 0.3 is 6.01 Å². The molecule has 0 amide bonds. The van der Waals surface area contributed by atoms with Gasteiger partial charge in [-0.3, -0.25) is 0 Å². The number of nitrogens with one attached hydrogen (secondary N) is 1. The highest BCUT2D eigenvalue weighted by molar-refractivity contribution is 5.90. The van der Waals surface area contributed by atoms with Crippen LogP contribution in [-0.2, 0) is 0 Å². The van der Waals surface area contributed by atoms with Crippen molar-refractivity contribution in [2.24, 2.45) is 5.92 Å². The van der Waals surface area contributed by atoms with E-state index in [4.69, 9.17) is 4.74 Å². The minimum absolute atomic E-state index is 0.113. The molecule has 4 heterocycles. The topological polar surface area (TPSA) is 86.6 Å². The predicted octanol–water partition coefficient (Wildman–Crippen LogP) is 3.19. The van der Waals surface area contributed by atoms with Crippen molar-refractivity contribution in [1.82, 2.24) is 25.2 Å². The van der Waals surface area contributed by atoms with Crippen molar-refractivity contribution in [3.8, 4) is 23.0 Å². The van der Waals surface area contributed by atoms with Gasteiger partial charge in [0, 0.05) is 25.7 Å². The standard InChI is InChI=1S/C25H30F2N6O2/c1-15-13-28-8-11-33(15)24-17-12-19(27)22(21-18(26)4-3-5-20(21)34)29-23(17)30-25(31-24)35-14-16-6-9-32(2)10-7-16/h3-5,12,15-16,28,34H,6-11,13-14H2,1-2H3. The van der Waals surface area contributed by atoms with Crippen molar-refractivity contribution in [2.75, 3.05) is 51.3 Å². The molecule has 0 spiro atoms. The van der Waals surface area contributed by atoms with E-state index in [1.165, 1.54) is 18.2 Å². The number of aromatic hydroxyl groups is 1. The Morgan fingerprint density at radius 3 is 2.66 bits per heavy atom. The number of aromatic nitrogens is 3. The first-order valence-corrected chi connectivity index (χ1v) is 12.1. The zero-order chi connectivity index (χ0) is 24.5. The summed E-state index contributed by atoms with van der Waals surface area (Å²) in [5, 5.41) is 14.0. The molecular weight excluding hydrogens is 454 g/mol. The van der Waals surface area contributed by atoms with Crippen LogP contribution in [0.5, 0.6) is 11.8 Å². The first-order valence-electron chi connectivity index (χ1n) is 12.1. The number of nitrogens with zero attached hydrogens (tertiary/aromatic N) is 5. The fourth-order valence-corrected chi connectivity index (χ4v) is 4.78. The van der Waals surface area contributed by atoms with E-state index in [1.807, 2.05) is 0 Å². The first kappa shape index (κ1) is 23.6. The molecule has 2 aliphatic heterocycles. The highest BCUT2D eigenvalue weighted by Crippen LogP contribution is 2.36. The maximum atomic E-state index is 15.3. The maximum Gasteiger partial charge on any atom is 0.320 e. The number of hydrogen-bond donors (Lipinski definition) is 2. The quantitative estimate of drug-likeness (QED) is 0.571. The molecule has 0 aliphatic carbocycles. The van der Waals surface area contributed by atoms with Gasteiger partial charge in [0.05, 0.1) is 17.6 Å². The molecule has 1 unspecified atom stereocenters. The van der Waals surface area contributed by atoms with Crippen molar-refractivity contribution >= 4 is 16.9 Å². The lowest BCUT2D eigenvalue weighted by molar-refractivity contribution is 0.154. The number of anilines is 1. The second-order valence-electron chi connectivity index (χ2n) is 9.46. The fraction of sp³-hybridized carbons (Fsp3) is 0.480. The molecule has 2 saturated heterocycles. The van der Waals surface area contributed by atoms with Gasteiger partial charge in [-0.25, -0.2) is 13.8 Å². The van der Waals surface area contributed by atoms with E-state index in [-0.39, 0.29) is 34.7 Å². The normalized spacial score (nSPS) is 19.9. The summed E-state index contributed by atoms with van der Waals surface area (Å²) < 4.78 is 35.8. The summed E-state index contributed by atoms with van der Waals surface area (Å²) in [6.45, 7) is 6.79. The number of piperazine rings is 1. The van der Waals surface area contributed by atoms with Crippen LogP contribution in [0.25, 0.3) is 22.3 Å². The number of rotatable bonds is 5. The minimum Gasteiger partial charge on any atom is -0.507 e. The molecule has 10 heteroatoms. The highest BCUT2D eigenvalue weighted by atomic mass is 19.1. The van der Waals surface area contributed by atoms with Crippen LogP contribution >= 0.6 is 0 Å². The second kappa shape index (κ2) is 9.87. The van der Waals surface area contributed by atoms with E-state index >= 15 is 4.39 Å². The van der Waals surface area contributed by atoms with Gasteiger partial charge in [0.15, 0.2) is 11.5 Å². The number of fused-ring (bicyclic) bond motifs is 1. The van der Waals surface area contributed by atoms with Crippen LogP contribution in [0, 0.1) is 17.6 Å². The van der Waals surface area contributed by atoms with Crippen LogP contribution in [0.3, 0.4) is 0 Å². The minimum atomic E-state index is -0.764. The molecule has 0 bridgehead atoms.